The summed E-state index contributed by atoms with van der Waals surface area (Å²) in [5.74, 6) is 1.45. The zero-order chi connectivity index (χ0) is 16.8. The Labute approximate surface area is 147 Å². The van der Waals surface area contributed by atoms with E-state index in [1.165, 1.54) is 5.56 Å². The molecule has 3 rings (SSSR count). The molecule has 5 heteroatoms. The van der Waals surface area contributed by atoms with Crippen LogP contribution < -0.4 is 10.6 Å². The van der Waals surface area contributed by atoms with Crippen LogP contribution in [-0.2, 0) is 6.54 Å². The number of benzene rings is 2. The Hall–Kier alpha value is -2.33. The highest BCUT2D eigenvalue weighted by molar-refractivity contribution is 6.31. The van der Waals surface area contributed by atoms with Gasteiger partial charge in [-0.3, -0.25) is 0 Å². The van der Waals surface area contributed by atoms with E-state index in [0.717, 1.165) is 36.1 Å². The lowest BCUT2D eigenvalue weighted by atomic mass is 10.2. The van der Waals surface area contributed by atoms with E-state index < -0.39 is 0 Å². The fourth-order valence-corrected chi connectivity index (χ4v) is 2.64. The Kier molecular flexibility index (Phi) is 5.49. The van der Waals surface area contributed by atoms with E-state index in [-0.39, 0.29) is 0 Å². The monoisotopic (exact) mass is 340 g/mol. The first-order valence-electron chi connectivity index (χ1n) is 8.25. The van der Waals surface area contributed by atoms with E-state index in [1.54, 1.807) is 0 Å². The summed E-state index contributed by atoms with van der Waals surface area (Å²) < 4.78 is 0. The number of unbranched alkanes of at least 4 members (excludes halogenated alkanes) is 1. The van der Waals surface area contributed by atoms with Crippen molar-refractivity contribution in [3.63, 3.8) is 0 Å². The molecule has 24 heavy (non-hydrogen) atoms. The fraction of sp³-hybridized carbons (Fsp3) is 0.263. The summed E-state index contributed by atoms with van der Waals surface area (Å²) in [6.45, 7) is 3.74. The lowest BCUT2D eigenvalue weighted by Crippen LogP contribution is -2.08. The lowest BCUT2D eigenvalue weighted by Gasteiger charge is -2.12. The third kappa shape index (κ3) is 4.15. The number of rotatable bonds is 7. The highest BCUT2D eigenvalue weighted by Crippen LogP contribution is 2.25. The summed E-state index contributed by atoms with van der Waals surface area (Å²) in [5, 5.41) is 8.35. The van der Waals surface area contributed by atoms with Crippen LogP contribution in [0.5, 0.6) is 0 Å². The van der Waals surface area contributed by atoms with Gasteiger partial charge in [0, 0.05) is 23.5 Å². The summed E-state index contributed by atoms with van der Waals surface area (Å²) in [4.78, 5) is 9.22. The minimum absolute atomic E-state index is 0.633. The molecule has 0 amide bonds. The van der Waals surface area contributed by atoms with Crippen LogP contribution in [0, 0.1) is 0 Å². The maximum absolute atomic E-state index is 6.12. The summed E-state index contributed by atoms with van der Waals surface area (Å²) in [6, 6.07) is 16.0. The van der Waals surface area contributed by atoms with Gasteiger partial charge in [0.25, 0.3) is 0 Å². The minimum Gasteiger partial charge on any atom is -0.365 e. The van der Waals surface area contributed by atoms with Crippen LogP contribution in [0.1, 0.15) is 25.3 Å². The van der Waals surface area contributed by atoms with E-state index in [1.807, 2.05) is 36.4 Å². The van der Waals surface area contributed by atoms with Crippen molar-refractivity contribution < 1.29 is 0 Å². The molecule has 0 saturated heterocycles. The minimum atomic E-state index is 0.633. The number of nitrogens with zero attached hydrogens (tertiary/aromatic N) is 2. The first kappa shape index (κ1) is 16.5. The smallest absolute Gasteiger partial charge is 0.225 e. The van der Waals surface area contributed by atoms with Gasteiger partial charge in [0.1, 0.15) is 5.82 Å². The van der Waals surface area contributed by atoms with Crippen molar-refractivity contribution in [3.05, 3.63) is 59.1 Å². The second-order valence-corrected chi connectivity index (χ2v) is 6.11. The summed E-state index contributed by atoms with van der Waals surface area (Å²) in [7, 11) is 0. The van der Waals surface area contributed by atoms with Gasteiger partial charge in [0.2, 0.25) is 5.95 Å². The topological polar surface area (TPSA) is 49.8 Å². The molecule has 2 aromatic carbocycles. The van der Waals surface area contributed by atoms with Gasteiger partial charge in [-0.1, -0.05) is 55.3 Å². The van der Waals surface area contributed by atoms with Crippen molar-refractivity contribution in [1.29, 1.82) is 0 Å². The molecular weight excluding hydrogens is 320 g/mol. The summed E-state index contributed by atoms with van der Waals surface area (Å²) in [6.07, 6.45) is 2.22. The van der Waals surface area contributed by atoms with E-state index in [4.69, 9.17) is 11.6 Å². The van der Waals surface area contributed by atoms with Gasteiger partial charge < -0.3 is 10.6 Å². The predicted molar refractivity (Wildman–Crippen MR) is 102 cm³/mol. The van der Waals surface area contributed by atoms with Crippen molar-refractivity contribution in [2.75, 3.05) is 17.2 Å². The second kappa shape index (κ2) is 7.97. The molecule has 3 aromatic rings. The van der Waals surface area contributed by atoms with Gasteiger partial charge in [-0.15, -0.1) is 0 Å². The van der Waals surface area contributed by atoms with E-state index in [2.05, 4.69) is 39.7 Å². The van der Waals surface area contributed by atoms with Crippen molar-refractivity contribution >= 4 is 34.3 Å². The normalized spacial score (nSPS) is 10.8. The van der Waals surface area contributed by atoms with Crippen LogP contribution in [0.25, 0.3) is 10.9 Å². The van der Waals surface area contributed by atoms with Gasteiger partial charge in [-0.2, -0.15) is 4.98 Å². The molecule has 4 nitrogen and oxygen atoms in total. The molecule has 0 spiro atoms. The standard InChI is InChI=1S/C19H21ClN4/c1-2-3-11-21-19-23-17-12-15(20)9-10-16(17)18(24-19)22-13-14-7-5-4-6-8-14/h4-10,12H,2-3,11,13H2,1H3,(H2,21,22,23,24). The predicted octanol–water partition coefficient (Wildman–Crippen LogP) is 5.11. The zero-order valence-corrected chi connectivity index (χ0v) is 14.5. The van der Waals surface area contributed by atoms with Crippen molar-refractivity contribution in [2.45, 2.75) is 26.3 Å². The van der Waals surface area contributed by atoms with Gasteiger partial charge in [0.05, 0.1) is 5.52 Å². The molecule has 1 aromatic heterocycles. The first-order valence-corrected chi connectivity index (χ1v) is 8.63. The van der Waals surface area contributed by atoms with Gasteiger partial charge in [-0.25, -0.2) is 4.98 Å². The molecule has 0 aliphatic carbocycles. The molecule has 0 aliphatic rings. The van der Waals surface area contributed by atoms with E-state index >= 15 is 0 Å². The molecule has 0 fully saturated rings. The third-order valence-electron chi connectivity index (χ3n) is 3.78. The Morgan fingerprint density at radius 1 is 1.00 bits per heavy atom. The lowest BCUT2D eigenvalue weighted by molar-refractivity contribution is 0.827. The average molecular weight is 341 g/mol. The highest BCUT2D eigenvalue weighted by atomic mass is 35.5. The van der Waals surface area contributed by atoms with Crippen LogP contribution >= 0.6 is 11.6 Å². The van der Waals surface area contributed by atoms with Crippen molar-refractivity contribution in [3.8, 4) is 0 Å². The number of hydrogen-bond donors (Lipinski definition) is 2. The molecule has 0 atom stereocenters. The quantitative estimate of drug-likeness (QED) is 0.587. The Morgan fingerprint density at radius 3 is 2.62 bits per heavy atom. The molecular formula is C19H21ClN4. The molecule has 124 valence electrons. The van der Waals surface area contributed by atoms with Crippen molar-refractivity contribution in [2.24, 2.45) is 0 Å². The van der Waals surface area contributed by atoms with Crippen LogP contribution in [0.4, 0.5) is 11.8 Å². The number of aromatic nitrogens is 2. The molecule has 0 unspecified atom stereocenters. The van der Waals surface area contributed by atoms with Crippen LogP contribution in [0.3, 0.4) is 0 Å². The molecule has 0 radical (unpaired) electrons. The summed E-state index contributed by atoms with van der Waals surface area (Å²) >= 11 is 6.12. The highest BCUT2D eigenvalue weighted by Gasteiger charge is 2.08. The zero-order valence-electron chi connectivity index (χ0n) is 13.7. The van der Waals surface area contributed by atoms with Crippen molar-refractivity contribution in [1.82, 2.24) is 9.97 Å². The number of fused-ring (bicyclic) bond motifs is 1. The van der Waals surface area contributed by atoms with Gasteiger partial charge in [0.15, 0.2) is 0 Å². The Bertz CT molecular complexity index is 805. The third-order valence-corrected chi connectivity index (χ3v) is 4.01. The average Bonchev–Trinajstić information content (AvgIpc) is 2.60. The van der Waals surface area contributed by atoms with Gasteiger partial charge in [-0.05, 0) is 30.2 Å². The Morgan fingerprint density at radius 2 is 1.83 bits per heavy atom. The molecule has 0 aliphatic heterocycles. The van der Waals surface area contributed by atoms with Crippen LogP contribution in [0.2, 0.25) is 5.02 Å². The SMILES string of the molecule is CCCCNc1nc(NCc2ccccc2)c2ccc(Cl)cc2n1. The number of hydrogen-bond acceptors (Lipinski definition) is 4. The Balaban J connectivity index is 1.88. The first-order chi connectivity index (χ1) is 11.8. The number of nitrogens with one attached hydrogen (secondary N) is 2. The number of halogens is 1. The molecule has 1 heterocycles. The van der Waals surface area contributed by atoms with Crippen LogP contribution in [0.15, 0.2) is 48.5 Å². The fourth-order valence-electron chi connectivity index (χ4n) is 2.48. The second-order valence-electron chi connectivity index (χ2n) is 5.68. The number of anilines is 2. The van der Waals surface area contributed by atoms with E-state index in [0.29, 0.717) is 17.5 Å². The van der Waals surface area contributed by atoms with E-state index in [9.17, 15) is 0 Å². The molecule has 0 bridgehead atoms. The maximum Gasteiger partial charge on any atom is 0.225 e. The summed E-state index contributed by atoms with van der Waals surface area (Å²) in [5.41, 5.74) is 2.05. The van der Waals surface area contributed by atoms with Gasteiger partial charge >= 0.3 is 0 Å². The molecule has 0 saturated carbocycles. The maximum atomic E-state index is 6.12. The molecule has 2 N–H and O–H groups in total. The van der Waals surface area contributed by atoms with Crippen LogP contribution in [-0.4, -0.2) is 16.5 Å². The largest absolute Gasteiger partial charge is 0.365 e.